The molecule has 0 radical (unpaired) electrons. The lowest BCUT2D eigenvalue weighted by molar-refractivity contribution is -0.0168. The molecule has 1 aromatic heterocycles. The van der Waals surface area contributed by atoms with Gasteiger partial charge in [-0.2, -0.15) is 8.78 Å². The monoisotopic (exact) mass is 245 g/mol. The van der Waals surface area contributed by atoms with Gasteiger partial charge in [-0.25, -0.2) is 4.98 Å². The number of hydrogen-bond acceptors (Lipinski definition) is 3. The lowest BCUT2D eigenvalue weighted by Gasteiger charge is -2.29. The van der Waals surface area contributed by atoms with Gasteiger partial charge in [0.15, 0.2) is 0 Å². The molecule has 2 atom stereocenters. The second-order valence-corrected chi connectivity index (χ2v) is 4.35. The van der Waals surface area contributed by atoms with Gasteiger partial charge in [0.25, 0.3) is 0 Å². The maximum Gasteiger partial charge on any atom is 0.320 e. The van der Waals surface area contributed by atoms with Gasteiger partial charge in [0.1, 0.15) is 12.4 Å². The van der Waals surface area contributed by atoms with Crippen molar-refractivity contribution in [2.75, 3.05) is 13.1 Å². The van der Waals surface area contributed by atoms with E-state index in [2.05, 4.69) is 17.2 Å². The first-order valence-corrected chi connectivity index (χ1v) is 5.80. The Morgan fingerprint density at radius 3 is 3.18 bits per heavy atom. The number of nitrogens with one attached hydrogen (secondary N) is 1. The molecule has 0 aromatic carbocycles. The first-order valence-electron chi connectivity index (χ1n) is 5.80. The Bertz CT molecular complexity index is 356. The summed E-state index contributed by atoms with van der Waals surface area (Å²) >= 11 is 0. The molecule has 0 bridgehead atoms. The first kappa shape index (κ1) is 12.4. The molecule has 1 N–H and O–H groups in total. The highest BCUT2D eigenvalue weighted by atomic mass is 19.3. The highest BCUT2D eigenvalue weighted by Gasteiger charge is 2.22. The minimum absolute atomic E-state index is 0.0755. The van der Waals surface area contributed by atoms with Crippen molar-refractivity contribution >= 4 is 0 Å². The molecule has 96 valence electrons. The SMILES string of the molecule is CC1CCNCC1OCc1nccn1C(F)F. The zero-order valence-electron chi connectivity index (χ0n) is 9.77. The Balaban J connectivity index is 1.90. The molecule has 1 saturated heterocycles. The molecule has 4 nitrogen and oxygen atoms in total. The van der Waals surface area contributed by atoms with Gasteiger partial charge in [-0.05, 0) is 18.9 Å². The van der Waals surface area contributed by atoms with Crippen LogP contribution in [0.4, 0.5) is 8.78 Å². The smallest absolute Gasteiger partial charge is 0.320 e. The number of hydrogen-bond donors (Lipinski definition) is 1. The second-order valence-electron chi connectivity index (χ2n) is 4.35. The van der Waals surface area contributed by atoms with E-state index < -0.39 is 6.55 Å². The van der Waals surface area contributed by atoms with Crippen LogP contribution < -0.4 is 5.32 Å². The fraction of sp³-hybridized carbons (Fsp3) is 0.727. The first-order chi connectivity index (χ1) is 8.18. The van der Waals surface area contributed by atoms with E-state index in [4.69, 9.17) is 4.74 Å². The maximum absolute atomic E-state index is 12.6. The molecule has 2 unspecified atom stereocenters. The molecular formula is C11H17F2N3O. The van der Waals surface area contributed by atoms with Gasteiger partial charge in [-0.3, -0.25) is 4.57 Å². The van der Waals surface area contributed by atoms with Crippen molar-refractivity contribution in [3.8, 4) is 0 Å². The van der Waals surface area contributed by atoms with Crippen molar-refractivity contribution in [3.05, 3.63) is 18.2 Å². The van der Waals surface area contributed by atoms with Crippen LogP contribution in [0, 0.1) is 5.92 Å². The molecule has 6 heteroatoms. The van der Waals surface area contributed by atoms with Crippen LogP contribution in [0.2, 0.25) is 0 Å². The molecule has 1 aliphatic heterocycles. The number of imidazole rings is 1. The van der Waals surface area contributed by atoms with Gasteiger partial charge < -0.3 is 10.1 Å². The molecule has 1 aliphatic rings. The van der Waals surface area contributed by atoms with Crippen molar-refractivity contribution in [1.29, 1.82) is 0 Å². The van der Waals surface area contributed by atoms with E-state index in [1.54, 1.807) is 0 Å². The zero-order valence-corrected chi connectivity index (χ0v) is 9.77. The fourth-order valence-electron chi connectivity index (χ4n) is 2.00. The maximum atomic E-state index is 12.6. The minimum atomic E-state index is -2.56. The summed E-state index contributed by atoms with van der Waals surface area (Å²) < 4.78 is 31.6. The Morgan fingerprint density at radius 2 is 2.47 bits per heavy atom. The van der Waals surface area contributed by atoms with Crippen molar-refractivity contribution in [2.24, 2.45) is 5.92 Å². The quantitative estimate of drug-likeness (QED) is 0.879. The van der Waals surface area contributed by atoms with E-state index in [-0.39, 0.29) is 18.5 Å². The van der Waals surface area contributed by atoms with Crippen LogP contribution in [0.15, 0.2) is 12.4 Å². The van der Waals surface area contributed by atoms with Gasteiger partial charge in [0.2, 0.25) is 0 Å². The lowest BCUT2D eigenvalue weighted by Crippen LogP contribution is -2.41. The van der Waals surface area contributed by atoms with Crippen LogP contribution in [0.25, 0.3) is 0 Å². The molecule has 2 heterocycles. The molecule has 0 amide bonds. The van der Waals surface area contributed by atoms with Crippen molar-refractivity contribution in [1.82, 2.24) is 14.9 Å². The molecule has 0 saturated carbocycles. The molecular weight excluding hydrogens is 228 g/mol. The van der Waals surface area contributed by atoms with Gasteiger partial charge >= 0.3 is 6.55 Å². The fourth-order valence-corrected chi connectivity index (χ4v) is 2.00. The van der Waals surface area contributed by atoms with Crippen molar-refractivity contribution in [3.63, 3.8) is 0 Å². The largest absolute Gasteiger partial charge is 0.369 e. The van der Waals surface area contributed by atoms with E-state index in [1.165, 1.54) is 12.4 Å². The van der Waals surface area contributed by atoms with Crippen LogP contribution in [0.5, 0.6) is 0 Å². The van der Waals surface area contributed by atoms with Crippen molar-refractivity contribution < 1.29 is 13.5 Å². The van der Waals surface area contributed by atoms with Gasteiger partial charge in [0, 0.05) is 18.9 Å². The minimum Gasteiger partial charge on any atom is -0.369 e. The summed E-state index contributed by atoms with van der Waals surface area (Å²) in [5.41, 5.74) is 0. The molecule has 2 rings (SSSR count). The molecule has 1 aromatic rings. The number of halogens is 2. The van der Waals surface area contributed by atoms with E-state index in [1.807, 2.05) is 0 Å². The van der Waals surface area contributed by atoms with Crippen LogP contribution in [0.1, 0.15) is 25.7 Å². The van der Waals surface area contributed by atoms with E-state index in [0.717, 1.165) is 24.1 Å². The summed E-state index contributed by atoms with van der Waals surface area (Å²) in [6.07, 6.45) is 3.76. The molecule has 0 aliphatic carbocycles. The standard InChI is InChI=1S/C11H17F2N3O/c1-8-2-3-14-6-9(8)17-7-10-15-4-5-16(10)11(12)13/h4-5,8-9,11,14H,2-3,6-7H2,1H3. The number of alkyl halides is 2. The van der Waals surface area contributed by atoms with Gasteiger partial charge in [0.05, 0.1) is 6.10 Å². The molecule has 0 spiro atoms. The lowest BCUT2D eigenvalue weighted by atomic mass is 9.97. The average molecular weight is 245 g/mol. The Morgan fingerprint density at radius 1 is 1.65 bits per heavy atom. The molecule has 1 fully saturated rings. The average Bonchev–Trinajstić information content (AvgIpc) is 2.76. The summed E-state index contributed by atoms with van der Waals surface area (Å²) in [6, 6.07) is 0. The summed E-state index contributed by atoms with van der Waals surface area (Å²) in [5, 5.41) is 3.23. The Labute approximate surface area is 99.0 Å². The summed E-state index contributed by atoms with van der Waals surface area (Å²) in [7, 11) is 0. The highest BCUT2D eigenvalue weighted by Crippen LogP contribution is 2.18. The van der Waals surface area contributed by atoms with Gasteiger partial charge in [-0.1, -0.05) is 6.92 Å². The second kappa shape index (κ2) is 5.55. The Hall–Kier alpha value is -1.01. The number of ether oxygens (including phenoxy) is 1. The third-order valence-electron chi connectivity index (χ3n) is 3.14. The third kappa shape index (κ3) is 3.01. The predicted octanol–water partition coefficient (Wildman–Crippen LogP) is 1.79. The van der Waals surface area contributed by atoms with E-state index >= 15 is 0 Å². The number of rotatable bonds is 4. The van der Waals surface area contributed by atoms with Crippen LogP contribution in [-0.2, 0) is 11.3 Å². The summed E-state index contributed by atoms with van der Waals surface area (Å²) in [6.45, 7) is 1.46. The Kier molecular flexibility index (Phi) is 4.06. The van der Waals surface area contributed by atoms with Gasteiger partial charge in [-0.15, -0.1) is 0 Å². The highest BCUT2D eigenvalue weighted by molar-refractivity contribution is 4.91. The summed E-state index contributed by atoms with van der Waals surface area (Å²) in [4.78, 5) is 3.88. The number of aromatic nitrogens is 2. The van der Waals surface area contributed by atoms with Crippen LogP contribution in [0.3, 0.4) is 0 Å². The predicted molar refractivity (Wildman–Crippen MR) is 58.7 cm³/mol. The normalized spacial score (nSPS) is 25.4. The van der Waals surface area contributed by atoms with Crippen molar-refractivity contribution in [2.45, 2.75) is 32.6 Å². The number of nitrogens with zero attached hydrogens (tertiary/aromatic N) is 2. The summed E-state index contributed by atoms with van der Waals surface area (Å²) in [5.74, 6) is 0.726. The van der Waals surface area contributed by atoms with E-state index in [9.17, 15) is 8.78 Å². The number of piperidine rings is 1. The topological polar surface area (TPSA) is 39.1 Å². The van der Waals surface area contributed by atoms with Crippen LogP contribution in [-0.4, -0.2) is 28.7 Å². The third-order valence-corrected chi connectivity index (χ3v) is 3.14. The zero-order chi connectivity index (χ0) is 12.3. The van der Waals surface area contributed by atoms with Crippen LogP contribution >= 0.6 is 0 Å². The molecule has 17 heavy (non-hydrogen) atoms. The van der Waals surface area contributed by atoms with E-state index in [0.29, 0.717) is 5.92 Å².